The highest BCUT2D eigenvalue weighted by Crippen LogP contribution is 2.20. The van der Waals surface area contributed by atoms with Gasteiger partial charge in [0, 0.05) is 31.4 Å². The van der Waals surface area contributed by atoms with E-state index >= 15 is 0 Å². The fraction of sp³-hybridized carbons (Fsp3) is 0.267. The van der Waals surface area contributed by atoms with Crippen molar-refractivity contribution in [1.82, 2.24) is 10.6 Å². The molecule has 2 N–H and O–H groups in total. The zero-order chi connectivity index (χ0) is 16.8. The summed E-state index contributed by atoms with van der Waals surface area (Å²) in [6.07, 6.45) is 2.54. The van der Waals surface area contributed by atoms with E-state index < -0.39 is 17.7 Å². The number of urea groups is 1. The molecule has 7 nitrogen and oxygen atoms in total. The summed E-state index contributed by atoms with van der Waals surface area (Å²) in [6, 6.07) is 3.61. The molecule has 1 aliphatic rings. The van der Waals surface area contributed by atoms with E-state index in [1.54, 1.807) is 0 Å². The maximum absolute atomic E-state index is 13.8. The maximum Gasteiger partial charge on any atom is 0.330 e. The van der Waals surface area contributed by atoms with Gasteiger partial charge in [-0.2, -0.15) is 0 Å². The second-order valence-corrected chi connectivity index (χ2v) is 4.68. The van der Waals surface area contributed by atoms with Gasteiger partial charge in [0.05, 0.1) is 12.7 Å². The van der Waals surface area contributed by atoms with Crippen LogP contribution in [0.25, 0.3) is 0 Å². The minimum absolute atomic E-state index is 0.0435. The summed E-state index contributed by atoms with van der Waals surface area (Å²) in [7, 11) is 1.24. The molecule has 23 heavy (non-hydrogen) atoms. The highest BCUT2D eigenvalue weighted by atomic mass is 19.1. The number of methoxy groups -OCH3 is 1. The molecule has 1 fully saturated rings. The van der Waals surface area contributed by atoms with Gasteiger partial charge < -0.3 is 15.4 Å². The molecule has 0 bridgehead atoms. The average Bonchev–Trinajstić information content (AvgIpc) is 2.97. The van der Waals surface area contributed by atoms with E-state index in [0.29, 0.717) is 18.8 Å². The molecule has 0 saturated carbocycles. The number of anilines is 1. The monoisotopic (exact) mass is 321 g/mol. The molecule has 1 saturated heterocycles. The number of ether oxygens (including phenoxy) is 1. The molecule has 0 spiro atoms. The van der Waals surface area contributed by atoms with Crippen molar-refractivity contribution in [2.24, 2.45) is 0 Å². The van der Waals surface area contributed by atoms with Crippen LogP contribution in [0.2, 0.25) is 0 Å². The number of nitrogens with zero attached hydrogens (tertiary/aromatic N) is 1. The van der Waals surface area contributed by atoms with Gasteiger partial charge in [0.1, 0.15) is 5.82 Å². The van der Waals surface area contributed by atoms with Crippen LogP contribution in [0.3, 0.4) is 0 Å². The second kappa shape index (κ2) is 7.39. The van der Waals surface area contributed by atoms with Crippen molar-refractivity contribution in [2.75, 3.05) is 31.6 Å². The lowest BCUT2D eigenvalue weighted by Gasteiger charge is -2.15. The Kier molecular flexibility index (Phi) is 5.29. The SMILES string of the molecule is COC(=O)/C=C/CNC(=O)c1cc(N2CCNC2=O)ccc1F. The number of nitrogens with one attached hydrogen (secondary N) is 2. The number of benzene rings is 1. The number of carbonyl (C=O) groups excluding carboxylic acids is 3. The number of halogens is 1. The molecule has 1 aromatic carbocycles. The minimum Gasteiger partial charge on any atom is -0.466 e. The van der Waals surface area contributed by atoms with Crippen molar-refractivity contribution in [3.63, 3.8) is 0 Å². The fourth-order valence-corrected chi connectivity index (χ4v) is 2.04. The van der Waals surface area contributed by atoms with Crippen LogP contribution in [0.1, 0.15) is 10.4 Å². The first kappa shape index (κ1) is 16.5. The summed E-state index contributed by atoms with van der Waals surface area (Å²) < 4.78 is 18.2. The van der Waals surface area contributed by atoms with Crippen LogP contribution in [0.5, 0.6) is 0 Å². The van der Waals surface area contributed by atoms with Crippen LogP contribution in [0.15, 0.2) is 30.4 Å². The highest BCUT2D eigenvalue weighted by molar-refractivity contribution is 5.98. The van der Waals surface area contributed by atoms with Gasteiger partial charge in [-0.05, 0) is 18.2 Å². The van der Waals surface area contributed by atoms with E-state index in [1.807, 2.05) is 0 Å². The van der Waals surface area contributed by atoms with E-state index in [2.05, 4.69) is 15.4 Å². The Hall–Kier alpha value is -2.90. The standard InChI is InChI=1S/C15H16FN3O4/c1-23-13(20)3-2-6-17-14(21)11-9-10(4-5-12(11)16)19-8-7-18-15(19)22/h2-5,9H,6-8H2,1H3,(H,17,21)(H,18,22)/b3-2+. The molecule has 0 aromatic heterocycles. The average molecular weight is 321 g/mol. The summed E-state index contributed by atoms with van der Waals surface area (Å²) in [5, 5.41) is 5.08. The van der Waals surface area contributed by atoms with Crippen LogP contribution in [-0.4, -0.2) is 44.7 Å². The smallest absolute Gasteiger partial charge is 0.330 e. The van der Waals surface area contributed by atoms with Crippen LogP contribution in [-0.2, 0) is 9.53 Å². The number of carbonyl (C=O) groups is 3. The third-order valence-corrected chi connectivity index (χ3v) is 3.20. The molecule has 0 atom stereocenters. The minimum atomic E-state index is -0.692. The van der Waals surface area contributed by atoms with Crippen molar-refractivity contribution < 1.29 is 23.5 Å². The molecule has 0 aliphatic carbocycles. The van der Waals surface area contributed by atoms with Gasteiger partial charge in [-0.15, -0.1) is 0 Å². The van der Waals surface area contributed by atoms with E-state index in [0.717, 1.165) is 12.1 Å². The molecule has 0 unspecified atom stereocenters. The van der Waals surface area contributed by atoms with Crippen LogP contribution in [0.4, 0.5) is 14.9 Å². The Balaban J connectivity index is 2.06. The molecule has 1 heterocycles. The summed E-state index contributed by atoms with van der Waals surface area (Å²) >= 11 is 0. The van der Waals surface area contributed by atoms with Crippen LogP contribution < -0.4 is 15.5 Å². The van der Waals surface area contributed by atoms with E-state index in [9.17, 15) is 18.8 Å². The topological polar surface area (TPSA) is 87.7 Å². The van der Waals surface area contributed by atoms with E-state index in [1.165, 1.54) is 30.2 Å². The van der Waals surface area contributed by atoms with Crippen LogP contribution >= 0.6 is 0 Å². The summed E-state index contributed by atoms with van der Waals surface area (Å²) in [5.41, 5.74) is 0.269. The molecule has 1 aromatic rings. The van der Waals surface area contributed by atoms with E-state index in [4.69, 9.17) is 0 Å². The summed E-state index contributed by atoms with van der Waals surface area (Å²) in [6.45, 7) is 0.991. The number of hydrogen-bond acceptors (Lipinski definition) is 4. The molecule has 2 rings (SSSR count). The highest BCUT2D eigenvalue weighted by Gasteiger charge is 2.23. The van der Waals surface area contributed by atoms with Gasteiger partial charge in [-0.25, -0.2) is 14.0 Å². The Morgan fingerprint density at radius 1 is 1.48 bits per heavy atom. The van der Waals surface area contributed by atoms with Gasteiger partial charge in [0.15, 0.2) is 0 Å². The van der Waals surface area contributed by atoms with Gasteiger partial charge in [-0.1, -0.05) is 6.08 Å². The Morgan fingerprint density at radius 3 is 2.91 bits per heavy atom. The predicted molar refractivity (Wildman–Crippen MR) is 80.6 cm³/mol. The summed E-state index contributed by atoms with van der Waals surface area (Å²) in [4.78, 5) is 35.9. The normalized spacial score (nSPS) is 14.0. The maximum atomic E-state index is 13.8. The molecule has 3 amide bonds. The van der Waals surface area contributed by atoms with Gasteiger partial charge in [0.25, 0.3) is 5.91 Å². The van der Waals surface area contributed by atoms with Crippen molar-refractivity contribution in [2.45, 2.75) is 0 Å². The molecular weight excluding hydrogens is 305 g/mol. The Bertz CT molecular complexity index is 660. The fourth-order valence-electron chi connectivity index (χ4n) is 2.04. The molecule has 122 valence electrons. The Morgan fingerprint density at radius 2 is 2.26 bits per heavy atom. The van der Waals surface area contributed by atoms with Crippen molar-refractivity contribution >= 4 is 23.6 Å². The first-order chi connectivity index (χ1) is 11.0. The zero-order valence-electron chi connectivity index (χ0n) is 12.5. The lowest BCUT2D eigenvalue weighted by molar-refractivity contribution is -0.134. The lowest BCUT2D eigenvalue weighted by atomic mass is 10.1. The molecular formula is C15H16FN3O4. The van der Waals surface area contributed by atoms with Crippen molar-refractivity contribution in [3.8, 4) is 0 Å². The third-order valence-electron chi connectivity index (χ3n) is 3.20. The van der Waals surface area contributed by atoms with Crippen molar-refractivity contribution in [1.29, 1.82) is 0 Å². The first-order valence-electron chi connectivity index (χ1n) is 6.90. The number of esters is 1. The summed E-state index contributed by atoms with van der Waals surface area (Å²) in [5.74, 6) is -1.88. The number of rotatable bonds is 5. The van der Waals surface area contributed by atoms with Gasteiger partial charge in [-0.3, -0.25) is 9.69 Å². The predicted octanol–water partition coefficient (Wildman–Crippen LogP) is 0.814. The van der Waals surface area contributed by atoms with Gasteiger partial charge >= 0.3 is 12.0 Å². The van der Waals surface area contributed by atoms with Crippen LogP contribution in [0, 0.1) is 5.82 Å². The first-order valence-corrected chi connectivity index (χ1v) is 6.90. The third kappa shape index (κ3) is 4.06. The second-order valence-electron chi connectivity index (χ2n) is 4.68. The molecule has 8 heteroatoms. The van der Waals surface area contributed by atoms with Crippen molar-refractivity contribution in [3.05, 3.63) is 41.7 Å². The molecule has 0 radical (unpaired) electrons. The number of hydrogen-bond donors (Lipinski definition) is 2. The lowest BCUT2D eigenvalue weighted by Crippen LogP contribution is -2.29. The largest absolute Gasteiger partial charge is 0.466 e. The zero-order valence-corrected chi connectivity index (χ0v) is 12.5. The van der Waals surface area contributed by atoms with Gasteiger partial charge in [0.2, 0.25) is 0 Å². The molecule has 1 aliphatic heterocycles. The Labute approximate surface area is 132 Å². The van der Waals surface area contributed by atoms with E-state index in [-0.39, 0.29) is 18.1 Å². The quantitative estimate of drug-likeness (QED) is 0.621. The number of amides is 3.